The lowest BCUT2D eigenvalue weighted by atomic mass is 9.80. The average Bonchev–Trinajstić information content (AvgIpc) is 3.46. The number of aromatic hydroxyl groups is 2. The third-order valence-electron chi connectivity index (χ3n) is 7.59. The summed E-state index contributed by atoms with van der Waals surface area (Å²) in [6.45, 7) is -0.462. The highest BCUT2D eigenvalue weighted by atomic mass is 16.7. The van der Waals surface area contributed by atoms with Crippen LogP contribution in [0.5, 0.6) is 23.0 Å². The third-order valence-corrected chi connectivity index (χ3v) is 7.59. The first kappa shape index (κ1) is 26.9. The smallest absolute Gasteiger partial charge is 0.187 e. The lowest BCUT2D eigenvalue weighted by Crippen LogP contribution is -2.61. The van der Waals surface area contributed by atoms with Crippen molar-refractivity contribution in [2.45, 2.75) is 48.5 Å². The van der Waals surface area contributed by atoms with E-state index in [4.69, 9.17) is 28.4 Å². The highest BCUT2D eigenvalue weighted by Crippen LogP contribution is 2.57. The Morgan fingerprint density at radius 2 is 1.50 bits per heavy atom. The molecule has 5 rings (SSSR count). The fourth-order valence-electron chi connectivity index (χ4n) is 5.54. The molecule has 0 spiro atoms. The number of phenols is 2. The Balaban J connectivity index is 1.54. The van der Waals surface area contributed by atoms with E-state index < -0.39 is 61.0 Å². The van der Waals surface area contributed by atoms with Crippen LogP contribution in [0.4, 0.5) is 0 Å². The summed E-state index contributed by atoms with van der Waals surface area (Å²) in [5.74, 6) is -0.0800. The van der Waals surface area contributed by atoms with Crippen LogP contribution in [0, 0.1) is 5.92 Å². The molecule has 0 bridgehead atoms. The maximum atomic E-state index is 10.7. The first-order chi connectivity index (χ1) is 18.2. The maximum absolute atomic E-state index is 10.7. The van der Waals surface area contributed by atoms with Crippen LogP contribution >= 0.6 is 0 Å². The van der Waals surface area contributed by atoms with E-state index in [0.29, 0.717) is 11.1 Å². The van der Waals surface area contributed by atoms with E-state index in [1.165, 1.54) is 26.4 Å². The Labute approximate surface area is 218 Å². The molecule has 12 heteroatoms. The largest absolute Gasteiger partial charge is 0.504 e. The molecule has 6 N–H and O–H groups in total. The van der Waals surface area contributed by atoms with Crippen LogP contribution in [0.25, 0.3) is 0 Å². The standard InChI is InChI=1S/C26H32O12/c1-33-17-7-12(3-5-15(17)28)23-14-10-35-24(13-4-6-16(29)18(8-13)34-2)26(14,11-36-23)38-25-22(32)21(31)20(30)19(9-27)37-25/h3-8,14,19-25,27-32H,9-11H2,1-2H3/t14-,19-,20-,21+,22-,23-,24+,25+,26-/m1/s1. The van der Waals surface area contributed by atoms with Gasteiger partial charge in [-0.2, -0.15) is 0 Å². The molecule has 0 radical (unpaired) electrons. The van der Waals surface area contributed by atoms with Crippen LogP contribution in [0.15, 0.2) is 36.4 Å². The summed E-state index contributed by atoms with van der Waals surface area (Å²) in [6.07, 6.45) is -8.76. The monoisotopic (exact) mass is 536 g/mol. The summed E-state index contributed by atoms with van der Waals surface area (Å²) < 4.78 is 35.1. The van der Waals surface area contributed by atoms with Gasteiger partial charge in [0.15, 0.2) is 29.3 Å². The van der Waals surface area contributed by atoms with Crippen molar-refractivity contribution in [3.8, 4) is 23.0 Å². The quantitative estimate of drug-likeness (QED) is 0.282. The number of methoxy groups -OCH3 is 2. The zero-order chi connectivity index (χ0) is 27.2. The first-order valence-corrected chi connectivity index (χ1v) is 12.2. The van der Waals surface area contributed by atoms with E-state index in [2.05, 4.69) is 0 Å². The van der Waals surface area contributed by atoms with Gasteiger partial charge in [0.25, 0.3) is 0 Å². The zero-order valence-corrected chi connectivity index (χ0v) is 20.8. The summed E-state index contributed by atoms with van der Waals surface area (Å²) in [7, 11) is 2.86. The van der Waals surface area contributed by atoms with Crippen molar-refractivity contribution in [3.05, 3.63) is 47.5 Å². The zero-order valence-electron chi connectivity index (χ0n) is 20.8. The molecule has 208 valence electrons. The molecule has 0 aromatic heterocycles. The van der Waals surface area contributed by atoms with Gasteiger partial charge in [0.2, 0.25) is 0 Å². The molecule has 2 aromatic rings. The Kier molecular flexibility index (Phi) is 7.42. The number of ether oxygens (including phenoxy) is 6. The van der Waals surface area contributed by atoms with Crippen LogP contribution in [0.3, 0.4) is 0 Å². The molecule has 0 aliphatic carbocycles. The molecule has 3 fully saturated rings. The highest BCUT2D eigenvalue weighted by Gasteiger charge is 2.63. The predicted molar refractivity (Wildman–Crippen MR) is 128 cm³/mol. The summed E-state index contributed by atoms with van der Waals surface area (Å²) in [5, 5.41) is 61.2. The number of rotatable bonds is 7. The number of phenolic OH excluding ortho intramolecular Hbond substituents is 2. The Morgan fingerprint density at radius 3 is 2.13 bits per heavy atom. The van der Waals surface area contributed by atoms with Gasteiger partial charge in [0.05, 0.1) is 40.1 Å². The SMILES string of the molecule is COc1cc([C@H]2OC[C@@]3(O[C@@H]4O[C@H](CO)[C@@H](O)[C@H](O)[C@H]4O)[C@@H]2CO[C@H]3c2ccc(O)c(OC)c2)ccc1O. The molecule has 12 nitrogen and oxygen atoms in total. The van der Waals surface area contributed by atoms with Crippen molar-refractivity contribution in [2.75, 3.05) is 34.0 Å². The van der Waals surface area contributed by atoms with Gasteiger partial charge in [-0.3, -0.25) is 0 Å². The van der Waals surface area contributed by atoms with E-state index in [9.17, 15) is 30.6 Å². The van der Waals surface area contributed by atoms with Crippen LogP contribution in [-0.2, 0) is 18.9 Å². The molecular weight excluding hydrogens is 504 g/mol. The average molecular weight is 537 g/mol. The van der Waals surface area contributed by atoms with Crippen molar-refractivity contribution in [3.63, 3.8) is 0 Å². The van der Waals surface area contributed by atoms with Crippen LogP contribution in [0.1, 0.15) is 23.3 Å². The second kappa shape index (κ2) is 10.5. The van der Waals surface area contributed by atoms with Crippen LogP contribution < -0.4 is 9.47 Å². The molecule has 9 atom stereocenters. The van der Waals surface area contributed by atoms with Crippen molar-refractivity contribution < 1.29 is 59.1 Å². The second-order valence-corrected chi connectivity index (χ2v) is 9.68. The van der Waals surface area contributed by atoms with Gasteiger partial charge in [0, 0.05) is 5.92 Å². The van der Waals surface area contributed by atoms with E-state index in [-0.39, 0.29) is 36.2 Å². The highest BCUT2D eigenvalue weighted by molar-refractivity contribution is 5.45. The van der Waals surface area contributed by atoms with Crippen molar-refractivity contribution in [1.29, 1.82) is 0 Å². The number of fused-ring (bicyclic) bond motifs is 1. The minimum Gasteiger partial charge on any atom is -0.504 e. The molecule has 3 saturated heterocycles. The van der Waals surface area contributed by atoms with Gasteiger partial charge in [0.1, 0.15) is 36.1 Å². The Hall–Kier alpha value is -2.68. The molecule has 38 heavy (non-hydrogen) atoms. The molecule has 0 saturated carbocycles. The summed E-state index contributed by atoms with van der Waals surface area (Å²) >= 11 is 0. The van der Waals surface area contributed by atoms with Gasteiger partial charge >= 0.3 is 0 Å². The summed E-state index contributed by atoms with van der Waals surface area (Å²) in [6, 6.07) is 9.57. The molecule has 3 aliphatic rings. The van der Waals surface area contributed by atoms with E-state index in [1.807, 2.05) is 0 Å². The maximum Gasteiger partial charge on any atom is 0.187 e. The van der Waals surface area contributed by atoms with Crippen LogP contribution in [0.2, 0.25) is 0 Å². The van der Waals surface area contributed by atoms with Crippen molar-refractivity contribution in [2.24, 2.45) is 5.92 Å². The number of hydrogen-bond donors (Lipinski definition) is 6. The van der Waals surface area contributed by atoms with Gasteiger partial charge in [-0.1, -0.05) is 12.1 Å². The summed E-state index contributed by atoms with van der Waals surface area (Å²) in [5.41, 5.74) is 0.0153. The lowest BCUT2D eigenvalue weighted by molar-refractivity contribution is -0.333. The second-order valence-electron chi connectivity index (χ2n) is 9.68. The third kappa shape index (κ3) is 4.36. The normalized spacial score (nSPS) is 36.7. The molecule has 0 unspecified atom stereocenters. The molecule has 3 aliphatic heterocycles. The number of hydrogen-bond acceptors (Lipinski definition) is 12. The fourth-order valence-corrected chi connectivity index (χ4v) is 5.54. The van der Waals surface area contributed by atoms with Gasteiger partial charge in [-0.25, -0.2) is 0 Å². The van der Waals surface area contributed by atoms with E-state index in [0.717, 1.165) is 0 Å². The van der Waals surface area contributed by atoms with Gasteiger partial charge in [-0.05, 0) is 35.4 Å². The van der Waals surface area contributed by atoms with Gasteiger partial charge < -0.3 is 59.1 Å². The van der Waals surface area contributed by atoms with Crippen LogP contribution in [-0.4, -0.2) is 101 Å². The number of benzene rings is 2. The molecule has 0 amide bonds. The minimum atomic E-state index is -1.63. The van der Waals surface area contributed by atoms with Gasteiger partial charge in [-0.15, -0.1) is 0 Å². The topological polar surface area (TPSA) is 177 Å². The number of aliphatic hydroxyl groups excluding tert-OH is 4. The molecular formula is C26H32O12. The van der Waals surface area contributed by atoms with Crippen molar-refractivity contribution in [1.82, 2.24) is 0 Å². The van der Waals surface area contributed by atoms with E-state index >= 15 is 0 Å². The lowest BCUT2D eigenvalue weighted by Gasteiger charge is -2.44. The Bertz CT molecular complexity index is 1140. The first-order valence-electron chi connectivity index (χ1n) is 12.2. The Morgan fingerprint density at radius 1 is 0.868 bits per heavy atom. The summed E-state index contributed by atoms with van der Waals surface area (Å²) in [4.78, 5) is 0. The number of aliphatic hydroxyl groups is 4. The van der Waals surface area contributed by atoms with E-state index in [1.54, 1.807) is 24.3 Å². The predicted octanol–water partition coefficient (Wildman–Crippen LogP) is 0.129. The van der Waals surface area contributed by atoms with Crippen molar-refractivity contribution >= 4 is 0 Å². The fraction of sp³-hybridized carbons (Fsp3) is 0.538. The molecule has 3 heterocycles. The molecule has 2 aromatic carbocycles. The minimum absolute atomic E-state index is 0.0194.